The van der Waals surface area contributed by atoms with Crippen LogP contribution >= 0.6 is 0 Å². The average Bonchev–Trinajstić information content (AvgIpc) is 3.43. The third-order valence-corrected chi connectivity index (χ3v) is 8.25. The molecule has 2 aliphatic rings. The monoisotopic (exact) mass is 556 g/mol. The van der Waals surface area contributed by atoms with Crippen LogP contribution in [0.3, 0.4) is 0 Å². The van der Waals surface area contributed by atoms with Crippen LogP contribution < -0.4 is 0 Å². The molecule has 0 amide bonds. The van der Waals surface area contributed by atoms with Gasteiger partial charge in [0.25, 0.3) is 0 Å². The van der Waals surface area contributed by atoms with Gasteiger partial charge in [0.05, 0.1) is 0 Å². The van der Waals surface area contributed by atoms with Crippen LogP contribution in [0.5, 0.6) is 0 Å². The summed E-state index contributed by atoms with van der Waals surface area (Å²) in [6.45, 7) is 10.6. The van der Waals surface area contributed by atoms with Crippen molar-refractivity contribution in [1.82, 2.24) is 0 Å². The molecular weight excluding hydrogens is 524 g/mol. The Morgan fingerprint density at radius 2 is 1.30 bits per heavy atom. The molecule has 0 aromatic heterocycles. The number of fused-ring (bicyclic) bond motifs is 3. The van der Waals surface area contributed by atoms with Crippen LogP contribution in [0.25, 0.3) is 11.1 Å². The third kappa shape index (κ3) is 7.12. The van der Waals surface area contributed by atoms with E-state index in [9.17, 15) is 0 Å². The second-order valence-corrected chi connectivity index (χ2v) is 11.1. The van der Waals surface area contributed by atoms with Crippen molar-refractivity contribution in [2.45, 2.75) is 41.0 Å². The van der Waals surface area contributed by atoms with E-state index in [0.717, 1.165) is 6.42 Å². The number of allylic oxidation sites excluding steroid dienone is 4. The largest absolute Gasteiger partial charge is 0.179 e. The topological polar surface area (TPSA) is 0 Å². The van der Waals surface area contributed by atoms with Gasteiger partial charge in [0, 0.05) is 0 Å². The number of rotatable bonds is 2. The van der Waals surface area contributed by atoms with Crippen LogP contribution in [0.4, 0.5) is 0 Å². The number of hydrogen-bond donors (Lipinski definition) is 0. The van der Waals surface area contributed by atoms with E-state index in [4.69, 9.17) is 0 Å². The number of hydrogen-bond acceptors (Lipinski definition) is 0. The summed E-state index contributed by atoms with van der Waals surface area (Å²) in [5, 5.41) is 0. The van der Waals surface area contributed by atoms with Gasteiger partial charge in [-0.2, -0.15) is 35.9 Å². The van der Waals surface area contributed by atoms with Crippen LogP contribution in [0.15, 0.2) is 108 Å². The molecule has 1 atom stereocenters. The molecule has 0 radical (unpaired) electrons. The predicted molar refractivity (Wildman–Crippen MR) is 154 cm³/mol. The van der Waals surface area contributed by atoms with Crippen molar-refractivity contribution in [3.05, 3.63) is 154 Å². The maximum atomic E-state index is 3.30. The molecule has 0 aliphatic heterocycles. The Morgan fingerprint density at radius 3 is 1.81 bits per heavy atom. The van der Waals surface area contributed by atoms with Gasteiger partial charge < -0.3 is 0 Å². The summed E-state index contributed by atoms with van der Waals surface area (Å²) in [5.41, 5.74) is 13.5. The Labute approximate surface area is 238 Å². The quantitative estimate of drug-likeness (QED) is 0.190. The van der Waals surface area contributed by atoms with Crippen LogP contribution in [-0.2, 0) is 30.7 Å². The fourth-order valence-electron chi connectivity index (χ4n) is 4.60. The van der Waals surface area contributed by atoms with E-state index in [1.165, 1.54) is 83.1 Å². The van der Waals surface area contributed by atoms with Crippen molar-refractivity contribution in [1.29, 1.82) is 0 Å². The first kappa shape index (κ1) is 27.2. The summed E-state index contributed by atoms with van der Waals surface area (Å²) in [6, 6.07) is 35.6. The van der Waals surface area contributed by atoms with Gasteiger partial charge in [-0.1, -0.05) is 55.2 Å². The Bertz CT molecular complexity index is 1320. The van der Waals surface area contributed by atoms with E-state index in [1.54, 1.807) is 0 Å². The van der Waals surface area contributed by atoms with Crippen molar-refractivity contribution >= 4 is 3.21 Å². The van der Waals surface area contributed by atoms with Gasteiger partial charge >= 0.3 is 112 Å². The molecule has 4 aromatic carbocycles. The average molecular weight is 558 g/mol. The SMILES string of the molecule is CC1=[C-]C(C)C=C1C.Cc1ccc([C](=[Zr+2])c2ccc(C)cc2)cc1.[c-]1cccc2c1Cc1ccccc1-2. The molecule has 0 bridgehead atoms. The van der Waals surface area contributed by atoms with Gasteiger partial charge in [-0.3, -0.25) is 6.08 Å². The standard InChI is InChI=1S/C15H14.C13H9.C8H11.Zr/c1-12-3-7-14(8-4-12)11-15-9-5-13(2)6-10-15;1-3-7-12-10(5-1)9-11-6-2-4-8-13(11)12;1-6-4-7(2)8(3)5-6;/h3-10H,1-2H3;1-5,7-8H,9H2;4,6H,1-3H3;/q;2*-1;+2. The number of benzene rings is 4. The summed E-state index contributed by atoms with van der Waals surface area (Å²) in [7, 11) is 0. The van der Waals surface area contributed by atoms with Gasteiger partial charge in [0.2, 0.25) is 0 Å². The van der Waals surface area contributed by atoms with E-state index >= 15 is 0 Å². The minimum Gasteiger partial charge on any atom is -0.179 e. The fourth-order valence-corrected chi connectivity index (χ4v) is 5.42. The molecule has 37 heavy (non-hydrogen) atoms. The Kier molecular flexibility index (Phi) is 9.23. The molecule has 0 spiro atoms. The van der Waals surface area contributed by atoms with E-state index in [0.29, 0.717) is 5.92 Å². The van der Waals surface area contributed by atoms with E-state index < -0.39 is 0 Å². The third-order valence-electron chi connectivity index (χ3n) is 6.83. The van der Waals surface area contributed by atoms with Crippen LogP contribution in [-0.4, -0.2) is 3.21 Å². The van der Waals surface area contributed by atoms with Crippen molar-refractivity contribution in [3.63, 3.8) is 0 Å². The molecule has 2 aliphatic carbocycles. The molecule has 6 rings (SSSR count). The second-order valence-electron chi connectivity index (χ2n) is 9.91. The molecule has 0 saturated carbocycles. The van der Waals surface area contributed by atoms with Gasteiger partial charge in [0.1, 0.15) is 0 Å². The Morgan fingerprint density at radius 1 is 0.730 bits per heavy atom. The summed E-state index contributed by atoms with van der Waals surface area (Å²) in [4.78, 5) is 0. The van der Waals surface area contributed by atoms with E-state index in [-0.39, 0.29) is 0 Å². The van der Waals surface area contributed by atoms with Crippen molar-refractivity contribution in [3.8, 4) is 11.1 Å². The molecular formula is C36H34Zr. The molecule has 0 heterocycles. The minimum absolute atomic E-state index is 0.551. The molecule has 1 heteroatoms. The molecule has 0 fully saturated rings. The summed E-state index contributed by atoms with van der Waals surface area (Å²) in [5.74, 6) is 0.551. The van der Waals surface area contributed by atoms with Crippen LogP contribution in [0.1, 0.15) is 54.2 Å². The minimum atomic E-state index is 0.551. The molecule has 1 unspecified atom stereocenters. The first-order valence-corrected chi connectivity index (χ1v) is 14.1. The molecule has 182 valence electrons. The predicted octanol–water partition coefficient (Wildman–Crippen LogP) is 8.81. The van der Waals surface area contributed by atoms with E-state index in [1.807, 2.05) is 6.07 Å². The maximum absolute atomic E-state index is 3.30. The van der Waals surface area contributed by atoms with Gasteiger partial charge in [0.15, 0.2) is 0 Å². The van der Waals surface area contributed by atoms with Crippen LogP contribution in [0.2, 0.25) is 0 Å². The Hall–Kier alpha value is -2.89. The first-order chi connectivity index (χ1) is 17.8. The van der Waals surface area contributed by atoms with Crippen molar-refractivity contribution in [2.75, 3.05) is 0 Å². The van der Waals surface area contributed by atoms with E-state index in [2.05, 4.69) is 138 Å². The summed E-state index contributed by atoms with van der Waals surface area (Å²) >= 11 is 1.46. The maximum Gasteiger partial charge on any atom is -0.0253 e. The summed E-state index contributed by atoms with van der Waals surface area (Å²) < 4.78 is 1.42. The Balaban J connectivity index is 0.000000137. The van der Waals surface area contributed by atoms with Gasteiger partial charge in [-0.25, -0.2) is 11.1 Å². The van der Waals surface area contributed by atoms with Gasteiger partial charge in [-0.05, 0) is 6.42 Å². The summed E-state index contributed by atoms with van der Waals surface area (Å²) in [6.07, 6.45) is 6.57. The van der Waals surface area contributed by atoms with Gasteiger partial charge in [-0.15, -0.1) is 12.5 Å². The zero-order valence-corrected chi connectivity index (χ0v) is 25.0. The normalized spacial score (nSPS) is 14.7. The smallest absolute Gasteiger partial charge is 0.0253 e. The van der Waals surface area contributed by atoms with Crippen molar-refractivity contribution < 1.29 is 24.2 Å². The number of aryl methyl sites for hydroxylation is 2. The molecule has 0 nitrogen and oxygen atoms in total. The van der Waals surface area contributed by atoms with Crippen molar-refractivity contribution in [2.24, 2.45) is 5.92 Å². The zero-order valence-electron chi connectivity index (χ0n) is 22.5. The molecule has 4 aromatic rings. The fraction of sp³-hybridized carbons (Fsp3) is 0.194. The zero-order chi connectivity index (χ0) is 26.4. The molecule has 0 saturated heterocycles. The molecule has 0 N–H and O–H groups in total. The van der Waals surface area contributed by atoms with Crippen LogP contribution in [0, 0.1) is 31.9 Å². The first-order valence-electron chi connectivity index (χ1n) is 12.9. The second kappa shape index (κ2) is 12.6.